The minimum absolute atomic E-state index is 0.0402. The first-order valence-electron chi connectivity index (χ1n) is 4.41. The second kappa shape index (κ2) is 5.34. The van der Waals surface area contributed by atoms with Crippen LogP contribution in [0.15, 0.2) is 18.2 Å². The van der Waals surface area contributed by atoms with Crippen LogP contribution in [0.2, 0.25) is 0 Å². The number of ether oxygens (including phenoxy) is 1. The lowest BCUT2D eigenvalue weighted by atomic mass is 10.0. The molecule has 0 amide bonds. The van der Waals surface area contributed by atoms with Crippen molar-refractivity contribution in [1.29, 1.82) is 0 Å². The van der Waals surface area contributed by atoms with Gasteiger partial charge in [0.2, 0.25) is 0 Å². The molecule has 2 atom stereocenters. The molecule has 0 bridgehead atoms. The van der Waals surface area contributed by atoms with Gasteiger partial charge in [-0.2, -0.15) is 12.6 Å². The zero-order chi connectivity index (χ0) is 11.4. The number of thiol groups is 1. The zero-order valence-corrected chi connectivity index (χ0v) is 9.12. The highest BCUT2D eigenvalue weighted by Crippen LogP contribution is 2.29. The number of aliphatic hydroxyl groups excluding tert-OH is 2. The molecule has 0 saturated heterocycles. The summed E-state index contributed by atoms with van der Waals surface area (Å²) in [4.78, 5) is 0. The average Bonchev–Trinajstić information content (AvgIpc) is 2.26. The number of halogens is 1. The van der Waals surface area contributed by atoms with Gasteiger partial charge in [0.05, 0.1) is 18.8 Å². The molecule has 0 aromatic heterocycles. The second-order valence-electron chi connectivity index (χ2n) is 3.05. The van der Waals surface area contributed by atoms with E-state index < -0.39 is 18.0 Å². The van der Waals surface area contributed by atoms with Crippen molar-refractivity contribution >= 4 is 12.6 Å². The molecule has 0 fully saturated rings. The Morgan fingerprint density at radius 3 is 2.67 bits per heavy atom. The highest BCUT2D eigenvalue weighted by atomic mass is 32.1. The van der Waals surface area contributed by atoms with Crippen molar-refractivity contribution in [3.8, 4) is 5.75 Å². The number of benzene rings is 1. The van der Waals surface area contributed by atoms with Crippen LogP contribution >= 0.6 is 12.6 Å². The highest BCUT2D eigenvalue weighted by Gasteiger charge is 2.24. The molecule has 1 aromatic rings. The van der Waals surface area contributed by atoms with E-state index in [2.05, 4.69) is 12.6 Å². The van der Waals surface area contributed by atoms with Crippen LogP contribution in [-0.4, -0.2) is 29.2 Å². The first-order valence-corrected chi connectivity index (χ1v) is 5.04. The molecule has 2 N–H and O–H groups in total. The third-order valence-electron chi connectivity index (χ3n) is 2.08. The van der Waals surface area contributed by atoms with Gasteiger partial charge in [0, 0.05) is 5.75 Å². The third kappa shape index (κ3) is 2.62. The van der Waals surface area contributed by atoms with Crippen molar-refractivity contribution in [2.45, 2.75) is 12.2 Å². The Morgan fingerprint density at radius 1 is 1.47 bits per heavy atom. The monoisotopic (exact) mass is 232 g/mol. The fraction of sp³-hybridized carbons (Fsp3) is 0.400. The quantitative estimate of drug-likeness (QED) is 0.683. The molecule has 2 unspecified atom stereocenters. The summed E-state index contributed by atoms with van der Waals surface area (Å²) in [6, 6.07) is 4.19. The minimum atomic E-state index is -1.33. The van der Waals surface area contributed by atoms with Gasteiger partial charge in [-0.25, -0.2) is 4.39 Å². The predicted octanol–water partition coefficient (Wildman–Crippen LogP) is 1.16. The number of hydrogen-bond acceptors (Lipinski definition) is 4. The Labute approximate surface area is 92.9 Å². The fourth-order valence-corrected chi connectivity index (χ4v) is 1.47. The van der Waals surface area contributed by atoms with E-state index in [9.17, 15) is 14.6 Å². The van der Waals surface area contributed by atoms with E-state index in [0.29, 0.717) is 0 Å². The van der Waals surface area contributed by atoms with Gasteiger partial charge in [0.25, 0.3) is 0 Å². The third-order valence-corrected chi connectivity index (χ3v) is 2.45. The molecule has 0 aliphatic heterocycles. The van der Waals surface area contributed by atoms with Gasteiger partial charge in [-0.3, -0.25) is 0 Å². The number of rotatable bonds is 4. The summed E-state index contributed by atoms with van der Waals surface area (Å²) < 4.78 is 18.3. The Balaban J connectivity index is 3.10. The SMILES string of the molecule is COc1cccc(F)c1C(O)C(O)CS. The average molecular weight is 232 g/mol. The summed E-state index contributed by atoms with van der Waals surface area (Å²) in [5, 5.41) is 19.0. The van der Waals surface area contributed by atoms with E-state index in [1.165, 1.54) is 25.3 Å². The molecule has 0 aliphatic rings. The lowest BCUT2D eigenvalue weighted by Crippen LogP contribution is -2.21. The van der Waals surface area contributed by atoms with Crippen molar-refractivity contribution in [2.75, 3.05) is 12.9 Å². The molecule has 0 radical (unpaired) electrons. The van der Waals surface area contributed by atoms with Crippen molar-refractivity contribution in [2.24, 2.45) is 0 Å². The molecular formula is C10H13FO3S. The summed E-state index contributed by atoms with van der Waals surface area (Å²) >= 11 is 3.83. The van der Waals surface area contributed by atoms with E-state index >= 15 is 0 Å². The Kier molecular flexibility index (Phi) is 4.38. The molecular weight excluding hydrogens is 219 g/mol. The summed E-state index contributed by atoms with van der Waals surface area (Å²) in [5.41, 5.74) is -0.0402. The molecule has 1 aromatic carbocycles. The summed E-state index contributed by atoms with van der Waals surface area (Å²) in [5.74, 6) is -0.357. The van der Waals surface area contributed by atoms with Crippen molar-refractivity contribution < 1.29 is 19.3 Å². The summed E-state index contributed by atoms with van der Waals surface area (Å²) in [7, 11) is 1.37. The van der Waals surface area contributed by atoms with Crippen molar-refractivity contribution in [1.82, 2.24) is 0 Å². The first-order chi connectivity index (χ1) is 7.11. The number of hydrogen-bond donors (Lipinski definition) is 3. The van der Waals surface area contributed by atoms with Gasteiger partial charge in [-0.1, -0.05) is 6.07 Å². The molecule has 84 valence electrons. The summed E-state index contributed by atoms with van der Waals surface area (Å²) in [6.45, 7) is 0. The largest absolute Gasteiger partial charge is 0.496 e. The maximum Gasteiger partial charge on any atom is 0.132 e. The second-order valence-corrected chi connectivity index (χ2v) is 3.42. The standard InChI is InChI=1S/C10H13FO3S/c1-14-8-4-2-3-6(11)9(8)10(13)7(12)5-15/h2-4,7,10,12-13,15H,5H2,1H3. The van der Waals surface area contributed by atoms with Crippen LogP contribution in [-0.2, 0) is 0 Å². The van der Waals surface area contributed by atoms with Crippen molar-refractivity contribution in [3.05, 3.63) is 29.6 Å². The van der Waals surface area contributed by atoms with Crippen LogP contribution in [0.3, 0.4) is 0 Å². The molecule has 3 nitrogen and oxygen atoms in total. The van der Waals surface area contributed by atoms with E-state index in [4.69, 9.17) is 4.74 Å². The van der Waals surface area contributed by atoms with Gasteiger partial charge in [-0.05, 0) is 12.1 Å². The molecule has 0 spiro atoms. The van der Waals surface area contributed by atoms with E-state index in [1.807, 2.05) is 0 Å². The normalized spacial score (nSPS) is 14.7. The van der Waals surface area contributed by atoms with Gasteiger partial charge in [-0.15, -0.1) is 0 Å². The van der Waals surface area contributed by atoms with Crippen LogP contribution < -0.4 is 4.74 Å². The molecule has 0 heterocycles. The lowest BCUT2D eigenvalue weighted by Gasteiger charge is -2.19. The van der Waals surface area contributed by atoms with E-state index in [1.54, 1.807) is 0 Å². The van der Waals surface area contributed by atoms with E-state index in [-0.39, 0.29) is 17.1 Å². The first kappa shape index (κ1) is 12.3. The topological polar surface area (TPSA) is 49.7 Å². The van der Waals surface area contributed by atoms with Crippen LogP contribution in [0.25, 0.3) is 0 Å². The summed E-state index contributed by atoms with van der Waals surface area (Å²) in [6.07, 6.45) is -2.46. The van der Waals surface area contributed by atoms with Gasteiger partial charge < -0.3 is 14.9 Å². The predicted molar refractivity (Wildman–Crippen MR) is 57.8 cm³/mol. The molecule has 15 heavy (non-hydrogen) atoms. The van der Waals surface area contributed by atoms with Gasteiger partial charge in [0.15, 0.2) is 0 Å². The molecule has 0 aliphatic carbocycles. The van der Waals surface area contributed by atoms with Crippen LogP contribution in [0, 0.1) is 5.82 Å². The highest BCUT2D eigenvalue weighted by molar-refractivity contribution is 7.80. The van der Waals surface area contributed by atoms with E-state index in [0.717, 1.165) is 0 Å². The fourth-order valence-electron chi connectivity index (χ4n) is 1.27. The Morgan fingerprint density at radius 2 is 2.13 bits per heavy atom. The lowest BCUT2D eigenvalue weighted by molar-refractivity contribution is 0.0299. The molecule has 1 rings (SSSR count). The maximum atomic E-state index is 13.4. The van der Waals surface area contributed by atoms with Gasteiger partial charge in [0.1, 0.15) is 17.7 Å². The zero-order valence-electron chi connectivity index (χ0n) is 8.22. The minimum Gasteiger partial charge on any atom is -0.496 e. The molecule has 0 saturated carbocycles. The maximum absolute atomic E-state index is 13.4. The van der Waals surface area contributed by atoms with Gasteiger partial charge >= 0.3 is 0 Å². The Hall–Kier alpha value is -0.780. The van der Waals surface area contributed by atoms with Crippen LogP contribution in [0.4, 0.5) is 4.39 Å². The smallest absolute Gasteiger partial charge is 0.132 e. The molecule has 5 heteroatoms. The van der Waals surface area contributed by atoms with Crippen LogP contribution in [0.5, 0.6) is 5.75 Å². The van der Waals surface area contributed by atoms with Crippen LogP contribution in [0.1, 0.15) is 11.7 Å². The Bertz CT molecular complexity index is 332. The number of methoxy groups -OCH3 is 1. The van der Waals surface area contributed by atoms with Crippen molar-refractivity contribution in [3.63, 3.8) is 0 Å². The number of aliphatic hydroxyl groups is 2.